The number of ether oxygens (including phenoxy) is 4. The third kappa shape index (κ3) is 7.68. The second-order valence-electron chi connectivity index (χ2n) is 16.4. The fourth-order valence-electron chi connectivity index (χ4n) is 7.96. The molecule has 8 rings (SSSR count). The van der Waals surface area contributed by atoms with Crippen molar-refractivity contribution in [3.8, 4) is 22.9 Å². The zero-order chi connectivity index (χ0) is 41.7. The summed E-state index contributed by atoms with van der Waals surface area (Å²) in [5.74, 6) is 0.724. The lowest BCUT2D eigenvalue weighted by atomic mass is 9.91. The molecule has 3 aromatic carbocycles. The fraction of sp³-hybridized carbons (Fsp3) is 0.442. The van der Waals surface area contributed by atoms with Crippen molar-refractivity contribution in [2.45, 2.75) is 71.7 Å². The molecule has 0 unspecified atom stereocenters. The third-order valence-corrected chi connectivity index (χ3v) is 10.8. The number of hydrogen-bond acceptors (Lipinski definition) is 11. The molecule has 0 N–H and O–H groups in total. The number of amides is 2. The number of fused-ring (bicyclic) bond motifs is 5. The maximum Gasteiger partial charge on any atom is 0.410 e. The number of nitrogens with zero attached hydrogens (tertiary/aromatic N) is 9. The summed E-state index contributed by atoms with van der Waals surface area (Å²) in [6.45, 7) is 9.91. The summed E-state index contributed by atoms with van der Waals surface area (Å²) >= 11 is 0. The Balaban J connectivity index is 1.30. The highest BCUT2D eigenvalue weighted by Crippen LogP contribution is 2.43. The van der Waals surface area contributed by atoms with Gasteiger partial charge in [-0.05, 0) is 92.3 Å². The smallest absolute Gasteiger partial charge is 0.410 e. The Bertz CT molecular complexity index is 2600. The van der Waals surface area contributed by atoms with Crippen LogP contribution in [0, 0.1) is 5.82 Å². The first-order valence-electron chi connectivity index (χ1n) is 19.9. The molecule has 0 bridgehead atoms. The maximum atomic E-state index is 15.6. The summed E-state index contributed by atoms with van der Waals surface area (Å²) in [5, 5.41) is 12.8. The van der Waals surface area contributed by atoms with Gasteiger partial charge in [0.05, 0.1) is 29.2 Å². The number of carbonyl (C=O) groups excluding carboxylic acids is 2. The van der Waals surface area contributed by atoms with Gasteiger partial charge in [-0.2, -0.15) is 20.2 Å². The van der Waals surface area contributed by atoms with Crippen LogP contribution in [0.3, 0.4) is 0 Å². The van der Waals surface area contributed by atoms with Crippen LogP contribution < -0.4 is 14.4 Å². The van der Waals surface area contributed by atoms with Gasteiger partial charge < -0.3 is 33.6 Å². The van der Waals surface area contributed by atoms with Crippen molar-refractivity contribution in [1.82, 2.24) is 39.3 Å². The van der Waals surface area contributed by atoms with Crippen molar-refractivity contribution in [2.24, 2.45) is 7.05 Å². The predicted molar refractivity (Wildman–Crippen MR) is 221 cm³/mol. The van der Waals surface area contributed by atoms with Gasteiger partial charge in [0.2, 0.25) is 0 Å². The van der Waals surface area contributed by atoms with Crippen LogP contribution in [0.2, 0.25) is 0 Å². The Kier molecular flexibility index (Phi) is 10.5. The van der Waals surface area contributed by atoms with Gasteiger partial charge in [0.25, 0.3) is 5.91 Å². The first-order chi connectivity index (χ1) is 28.2. The lowest BCUT2D eigenvalue weighted by Gasteiger charge is -2.40. The minimum Gasteiger partial charge on any atom is -0.468 e. The molecule has 2 aliphatic heterocycles. The number of rotatable bonds is 10. The zero-order valence-electron chi connectivity index (χ0n) is 34.8. The van der Waals surface area contributed by atoms with Crippen molar-refractivity contribution in [2.75, 3.05) is 52.6 Å². The molecule has 59 heavy (non-hydrogen) atoms. The molecule has 6 aromatic rings. The fourth-order valence-corrected chi connectivity index (χ4v) is 7.96. The number of aromatic nitrogens is 6. The van der Waals surface area contributed by atoms with Gasteiger partial charge in [0, 0.05) is 65.0 Å². The van der Waals surface area contributed by atoms with Gasteiger partial charge in [-0.15, -0.1) is 0 Å². The van der Waals surface area contributed by atoms with Crippen LogP contribution in [0.25, 0.3) is 43.7 Å². The molecular weight excluding hydrogens is 758 g/mol. The van der Waals surface area contributed by atoms with E-state index in [4.69, 9.17) is 34.0 Å². The molecule has 5 heterocycles. The number of hydrogen-bond donors (Lipinski definition) is 0. The van der Waals surface area contributed by atoms with Crippen molar-refractivity contribution in [3.63, 3.8) is 0 Å². The molecule has 0 saturated carbocycles. The highest BCUT2D eigenvalue weighted by atomic mass is 19.1. The Hall–Kier alpha value is -6.03. The van der Waals surface area contributed by atoms with Gasteiger partial charge in [0.1, 0.15) is 35.1 Å². The van der Waals surface area contributed by atoms with Crippen molar-refractivity contribution in [3.05, 3.63) is 65.4 Å². The van der Waals surface area contributed by atoms with Crippen LogP contribution in [-0.2, 0) is 36.0 Å². The number of halogens is 1. The normalized spacial score (nSPS) is 15.6. The summed E-state index contributed by atoms with van der Waals surface area (Å²) in [6.07, 6.45) is 3.51. The Morgan fingerprint density at radius 1 is 0.983 bits per heavy atom. The van der Waals surface area contributed by atoms with Gasteiger partial charge in [0.15, 0.2) is 12.5 Å². The van der Waals surface area contributed by atoms with E-state index in [2.05, 4.69) is 10.00 Å². The molecule has 0 radical (unpaired) electrons. The van der Waals surface area contributed by atoms with E-state index in [0.29, 0.717) is 66.5 Å². The van der Waals surface area contributed by atoms with E-state index in [0.717, 1.165) is 51.2 Å². The van der Waals surface area contributed by atoms with Crippen LogP contribution in [-0.4, -0.2) is 111 Å². The standard InChI is InChI=1S/C43H50FN9O6/c1-9-29-33(44)12-11-25-17-28(58-24-56-8)19-30(36(25)29)31-20-34-37(32-22-50(7)48-38(31)32)39(51-14-10-15-53-27(21-51)18-35(47-53)40(54)49(5)6)46-41(45-34)57-23-26-13-16-52(26)42(55)59-43(2,3)4/h11-12,17-20,22,26H,9-10,13-16,21,23-24H2,1-8H3/t26-/m0/s1. The Morgan fingerprint density at radius 3 is 2.51 bits per heavy atom. The molecule has 3 aromatic heterocycles. The van der Waals surface area contributed by atoms with Crippen molar-refractivity contribution >= 4 is 50.4 Å². The number of anilines is 1. The Morgan fingerprint density at radius 2 is 1.80 bits per heavy atom. The predicted octanol–water partition coefficient (Wildman–Crippen LogP) is 6.72. The largest absolute Gasteiger partial charge is 0.468 e. The summed E-state index contributed by atoms with van der Waals surface area (Å²) < 4.78 is 42.5. The second kappa shape index (κ2) is 15.6. The van der Waals surface area contributed by atoms with E-state index < -0.39 is 5.60 Å². The lowest BCUT2D eigenvalue weighted by Crippen LogP contribution is -2.55. The summed E-state index contributed by atoms with van der Waals surface area (Å²) in [6, 6.07) is 10.8. The highest BCUT2D eigenvalue weighted by molar-refractivity contribution is 6.17. The van der Waals surface area contributed by atoms with Crippen molar-refractivity contribution < 1.29 is 32.9 Å². The van der Waals surface area contributed by atoms with Gasteiger partial charge >= 0.3 is 12.1 Å². The maximum absolute atomic E-state index is 15.6. The second-order valence-corrected chi connectivity index (χ2v) is 16.4. The molecule has 2 amide bonds. The molecule has 1 saturated heterocycles. The third-order valence-electron chi connectivity index (χ3n) is 10.8. The van der Waals surface area contributed by atoms with E-state index in [1.165, 1.54) is 11.0 Å². The van der Waals surface area contributed by atoms with Crippen molar-refractivity contribution in [1.29, 1.82) is 0 Å². The van der Waals surface area contributed by atoms with Crippen LogP contribution in [0.5, 0.6) is 11.8 Å². The van der Waals surface area contributed by atoms with E-state index in [-0.39, 0.29) is 43.3 Å². The molecule has 1 fully saturated rings. The average Bonchev–Trinajstić information content (AvgIpc) is 3.70. The van der Waals surface area contributed by atoms with Gasteiger partial charge in [-0.25, -0.2) is 9.18 Å². The van der Waals surface area contributed by atoms with Gasteiger partial charge in [-0.3, -0.25) is 14.2 Å². The molecule has 1 atom stereocenters. The van der Waals surface area contributed by atoms with E-state index in [1.54, 1.807) is 36.9 Å². The molecule has 0 aliphatic carbocycles. The first-order valence-corrected chi connectivity index (χ1v) is 19.9. The topological polar surface area (TPSA) is 142 Å². The average molecular weight is 808 g/mol. The first kappa shape index (κ1) is 39.8. The minimum absolute atomic E-state index is 0.0344. The SMILES string of the molecule is CCc1c(F)ccc2cc(OCOC)cc(-c3cc4nc(OC[C@@H]5CCN5C(=O)OC(C)(C)C)nc(N5CCCn6nc(C(=O)N(C)C)cc6C5)c4c4cn(C)nc34)c12. The molecular formula is C43H50FN9O6. The van der Waals surface area contributed by atoms with E-state index in [1.807, 2.05) is 69.9 Å². The van der Waals surface area contributed by atoms with E-state index in [9.17, 15) is 9.59 Å². The van der Waals surface area contributed by atoms with Crippen LogP contribution >= 0.6 is 0 Å². The van der Waals surface area contributed by atoms with Crippen LogP contribution in [0.1, 0.15) is 62.3 Å². The monoisotopic (exact) mass is 807 g/mol. The molecule has 2 aliphatic rings. The van der Waals surface area contributed by atoms with Crippen LogP contribution in [0.4, 0.5) is 15.0 Å². The number of benzene rings is 3. The summed E-state index contributed by atoms with van der Waals surface area (Å²) in [7, 11) is 6.85. The number of methoxy groups -OCH3 is 1. The molecule has 0 spiro atoms. The summed E-state index contributed by atoms with van der Waals surface area (Å²) in [5.41, 5.74) is 3.93. The Labute approximate surface area is 341 Å². The molecule has 16 heteroatoms. The number of carbonyl (C=O) groups is 2. The number of aryl methyl sites for hydroxylation is 3. The van der Waals surface area contributed by atoms with E-state index >= 15 is 4.39 Å². The molecule has 310 valence electrons. The minimum atomic E-state index is -0.628. The zero-order valence-corrected chi connectivity index (χ0v) is 34.8. The van der Waals surface area contributed by atoms with Crippen LogP contribution in [0.15, 0.2) is 42.6 Å². The number of likely N-dealkylation sites (tertiary alicyclic amines) is 1. The molecule has 15 nitrogen and oxygen atoms in total. The quantitative estimate of drug-likeness (QED) is 0.136. The lowest BCUT2D eigenvalue weighted by molar-refractivity contribution is -0.0148. The highest BCUT2D eigenvalue weighted by Gasteiger charge is 2.36. The summed E-state index contributed by atoms with van der Waals surface area (Å²) in [4.78, 5) is 41.4. The van der Waals surface area contributed by atoms with Gasteiger partial charge in [-0.1, -0.05) is 13.0 Å².